The first-order chi connectivity index (χ1) is 9.70. The molecule has 0 atom stereocenters. The van der Waals surface area contributed by atoms with Crippen molar-refractivity contribution in [2.45, 2.75) is 18.7 Å². The lowest BCUT2D eigenvalue weighted by atomic mass is 10.1. The van der Waals surface area contributed by atoms with Crippen LogP contribution in [0.3, 0.4) is 0 Å². The predicted molar refractivity (Wildman–Crippen MR) is 80.8 cm³/mol. The topological polar surface area (TPSA) is 46.2 Å². The lowest BCUT2D eigenvalue weighted by Gasteiger charge is -2.13. The van der Waals surface area contributed by atoms with Gasteiger partial charge in [-0.3, -0.25) is 4.72 Å². The van der Waals surface area contributed by atoms with E-state index in [1.54, 1.807) is 0 Å². The molecule has 7 heteroatoms. The van der Waals surface area contributed by atoms with Gasteiger partial charge >= 0.3 is 0 Å². The molecule has 0 saturated carbocycles. The third-order valence-corrected chi connectivity index (χ3v) is 5.03. The van der Waals surface area contributed by atoms with E-state index < -0.39 is 21.7 Å². The zero-order valence-corrected chi connectivity index (χ0v) is 13.6. The molecular formula is C14H12BrF2NO2S. The number of aryl methyl sites for hydroxylation is 2. The Labute approximate surface area is 130 Å². The van der Waals surface area contributed by atoms with Crippen molar-refractivity contribution in [3.63, 3.8) is 0 Å². The Kier molecular flexibility index (Phi) is 4.34. The second kappa shape index (κ2) is 5.73. The minimum atomic E-state index is -4.00. The number of anilines is 1. The first kappa shape index (κ1) is 15.9. The maximum Gasteiger partial charge on any atom is 0.262 e. The average Bonchev–Trinajstić information content (AvgIpc) is 2.30. The van der Waals surface area contributed by atoms with E-state index in [9.17, 15) is 17.2 Å². The van der Waals surface area contributed by atoms with E-state index in [2.05, 4.69) is 20.7 Å². The molecule has 112 valence electrons. The number of sulfonamides is 1. The van der Waals surface area contributed by atoms with Crippen LogP contribution >= 0.6 is 15.9 Å². The molecule has 0 aliphatic heterocycles. The maximum absolute atomic E-state index is 13.7. The molecule has 0 aromatic heterocycles. The van der Waals surface area contributed by atoms with Gasteiger partial charge in [0.2, 0.25) is 0 Å². The largest absolute Gasteiger partial charge is 0.277 e. The van der Waals surface area contributed by atoms with Crippen LogP contribution in [-0.4, -0.2) is 8.42 Å². The van der Waals surface area contributed by atoms with E-state index in [-0.39, 0.29) is 21.7 Å². The Bertz CT molecular complexity index is 784. The summed E-state index contributed by atoms with van der Waals surface area (Å²) in [7, 11) is -4.00. The highest BCUT2D eigenvalue weighted by Gasteiger charge is 2.21. The van der Waals surface area contributed by atoms with Crippen LogP contribution in [0.5, 0.6) is 0 Å². The molecule has 2 rings (SSSR count). The molecule has 0 saturated heterocycles. The Balaban J connectivity index is 2.48. The van der Waals surface area contributed by atoms with Crippen molar-refractivity contribution in [3.8, 4) is 0 Å². The van der Waals surface area contributed by atoms with Crippen LogP contribution in [0.2, 0.25) is 0 Å². The highest BCUT2D eigenvalue weighted by atomic mass is 79.9. The van der Waals surface area contributed by atoms with Crippen LogP contribution in [0.4, 0.5) is 14.5 Å². The highest BCUT2D eigenvalue weighted by molar-refractivity contribution is 9.10. The van der Waals surface area contributed by atoms with Gasteiger partial charge in [0.1, 0.15) is 11.6 Å². The van der Waals surface area contributed by atoms with Crippen molar-refractivity contribution in [2.75, 3.05) is 4.72 Å². The second-order valence-corrected chi connectivity index (χ2v) is 7.13. The van der Waals surface area contributed by atoms with Gasteiger partial charge in [0.25, 0.3) is 10.0 Å². The summed E-state index contributed by atoms with van der Waals surface area (Å²) in [5.74, 6) is -1.22. The highest BCUT2D eigenvalue weighted by Crippen LogP contribution is 2.26. The second-order valence-electron chi connectivity index (χ2n) is 4.60. The molecule has 0 amide bonds. The summed E-state index contributed by atoms with van der Waals surface area (Å²) in [6.07, 6.45) is 0. The third kappa shape index (κ3) is 3.41. The van der Waals surface area contributed by atoms with Gasteiger partial charge in [-0.2, -0.15) is 0 Å². The lowest BCUT2D eigenvalue weighted by Crippen LogP contribution is -2.16. The van der Waals surface area contributed by atoms with Crippen molar-refractivity contribution >= 4 is 31.6 Å². The first-order valence-corrected chi connectivity index (χ1v) is 8.23. The van der Waals surface area contributed by atoms with Gasteiger partial charge in [-0.05, 0) is 55.3 Å². The van der Waals surface area contributed by atoms with Crippen LogP contribution in [0, 0.1) is 25.5 Å². The van der Waals surface area contributed by atoms with Crippen LogP contribution in [0.25, 0.3) is 0 Å². The zero-order chi connectivity index (χ0) is 15.8. The molecule has 0 unspecified atom stereocenters. The Morgan fingerprint density at radius 3 is 2.14 bits per heavy atom. The van der Waals surface area contributed by atoms with E-state index >= 15 is 0 Å². The summed E-state index contributed by atoms with van der Waals surface area (Å²) in [5, 5.41) is 0. The first-order valence-electron chi connectivity index (χ1n) is 5.95. The third-order valence-electron chi connectivity index (χ3n) is 2.87. The molecule has 0 heterocycles. The van der Waals surface area contributed by atoms with Gasteiger partial charge < -0.3 is 0 Å². The van der Waals surface area contributed by atoms with E-state index in [1.165, 1.54) is 26.0 Å². The molecule has 21 heavy (non-hydrogen) atoms. The minimum Gasteiger partial charge on any atom is -0.277 e. The van der Waals surface area contributed by atoms with Gasteiger partial charge in [-0.15, -0.1) is 0 Å². The van der Waals surface area contributed by atoms with Crippen LogP contribution < -0.4 is 4.72 Å². The lowest BCUT2D eigenvalue weighted by molar-refractivity contribution is 0.595. The van der Waals surface area contributed by atoms with Crippen molar-refractivity contribution in [3.05, 3.63) is 57.6 Å². The van der Waals surface area contributed by atoms with Crippen molar-refractivity contribution < 1.29 is 17.2 Å². The summed E-state index contributed by atoms with van der Waals surface area (Å²) in [6, 6.07) is 6.23. The van der Waals surface area contributed by atoms with Crippen LogP contribution in [-0.2, 0) is 10.0 Å². The Morgan fingerprint density at radius 2 is 1.62 bits per heavy atom. The fourth-order valence-electron chi connectivity index (χ4n) is 2.09. The van der Waals surface area contributed by atoms with Gasteiger partial charge in [0.15, 0.2) is 0 Å². The summed E-state index contributed by atoms with van der Waals surface area (Å²) < 4.78 is 54.4. The van der Waals surface area contributed by atoms with E-state index in [0.29, 0.717) is 4.47 Å². The van der Waals surface area contributed by atoms with Crippen molar-refractivity contribution in [2.24, 2.45) is 0 Å². The summed E-state index contributed by atoms with van der Waals surface area (Å²) >= 11 is 3.09. The normalized spacial score (nSPS) is 11.5. The molecule has 0 fully saturated rings. The van der Waals surface area contributed by atoms with Crippen molar-refractivity contribution in [1.29, 1.82) is 0 Å². The molecule has 0 bridgehead atoms. The number of benzene rings is 2. The number of hydrogen-bond donors (Lipinski definition) is 1. The smallest absolute Gasteiger partial charge is 0.262 e. The van der Waals surface area contributed by atoms with Crippen LogP contribution in [0.15, 0.2) is 39.7 Å². The molecule has 1 N–H and O–H groups in total. The number of rotatable bonds is 3. The SMILES string of the molecule is Cc1cc(F)cc(C)c1S(=O)(=O)Nc1ccc(Br)cc1F. The predicted octanol–water partition coefficient (Wildman–Crippen LogP) is 4.14. The van der Waals surface area contributed by atoms with E-state index in [4.69, 9.17) is 0 Å². The molecule has 3 nitrogen and oxygen atoms in total. The minimum absolute atomic E-state index is 0.0498. The molecule has 0 aliphatic rings. The van der Waals surface area contributed by atoms with Crippen molar-refractivity contribution in [1.82, 2.24) is 0 Å². The van der Waals surface area contributed by atoms with E-state index in [0.717, 1.165) is 18.2 Å². The monoisotopic (exact) mass is 375 g/mol. The van der Waals surface area contributed by atoms with Gasteiger partial charge in [-0.1, -0.05) is 15.9 Å². The quantitative estimate of drug-likeness (QED) is 0.875. The molecule has 0 aliphatic carbocycles. The Hall–Kier alpha value is -1.47. The molecule has 0 spiro atoms. The molecular weight excluding hydrogens is 364 g/mol. The standard InChI is InChI=1S/C14H12BrF2NO2S/c1-8-5-11(16)6-9(2)14(8)21(19,20)18-13-4-3-10(15)7-12(13)17/h3-7,18H,1-2H3. The fraction of sp³-hybridized carbons (Fsp3) is 0.143. The number of nitrogens with one attached hydrogen (secondary N) is 1. The van der Waals surface area contributed by atoms with Gasteiger partial charge in [0, 0.05) is 4.47 Å². The Morgan fingerprint density at radius 1 is 1.05 bits per heavy atom. The van der Waals surface area contributed by atoms with E-state index in [1.807, 2.05) is 0 Å². The van der Waals surface area contributed by atoms with Gasteiger partial charge in [-0.25, -0.2) is 17.2 Å². The zero-order valence-electron chi connectivity index (χ0n) is 11.2. The fourth-order valence-corrected chi connectivity index (χ4v) is 3.95. The maximum atomic E-state index is 13.7. The number of halogens is 3. The summed E-state index contributed by atoms with van der Waals surface area (Å²) in [6.45, 7) is 2.98. The molecule has 2 aromatic carbocycles. The molecule has 0 radical (unpaired) electrons. The molecule has 2 aromatic rings. The summed E-state index contributed by atoms with van der Waals surface area (Å²) in [4.78, 5) is -0.0498. The average molecular weight is 376 g/mol. The number of hydrogen-bond acceptors (Lipinski definition) is 2. The van der Waals surface area contributed by atoms with Gasteiger partial charge in [0.05, 0.1) is 10.6 Å². The summed E-state index contributed by atoms with van der Waals surface area (Å²) in [5.41, 5.74) is 0.358. The van der Waals surface area contributed by atoms with Crippen LogP contribution in [0.1, 0.15) is 11.1 Å².